The van der Waals surface area contributed by atoms with Crippen molar-refractivity contribution < 1.29 is 9.53 Å². The second kappa shape index (κ2) is 4.55. The average molecular weight is 213 g/mol. The summed E-state index contributed by atoms with van der Waals surface area (Å²) in [6.45, 7) is 6.62. The van der Waals surface area contributed by atoms with Gasteiger partial charge < -0.3 is 9.64 Å². The first-order chi connectivity index (χ1) is 6.44. The number of carbonyl (C=O) groups excluding carboxylic acids is 1. The molecule has 1 aliphatic rings. The molecule has 14 heavy (non-hydrogen) atoms. The van der Waals surface area contributed by atoms with Crippen molar-refractivity contribution in [3.63, 3.8) is 0 Å². The molecule has 1 saturated heterocycles. The molecule has 0 spiro atoms. The summed E-state index contributed by atoms with van der Waals surface area (Å²) in [5.74, 6) is 0. The molecule has 80 valence electrons. The van der Waals surface area contributed by atoms with E-state index >= 15 is 0 Å². The highest BCUT2D eigenvalue weighted by Crippen LogP contribution is 2.22. The Morgan fingerprint density at radius 2 is 2.21 bits per heavy atom. The molecule has 0 N–H and O–H groups in total. The summed E-state index contributed by atoms with van der Waals surface area (Å²) >= 11 is 1.16. The molecule has 1 aliphatic heterocycles. The minimum Gasteiger partial charge on any atom is -0.444 e. The van der Waals surface area contributed by atoms with Crippen LogP contribution < -0.4 is 0 Å². The van der Waals surface area contributed by atoms with Crippen molar-refractivity contribution in [3.05, 3.63) is 0 Å². The van der Waals surface area contributed by atoms with E-state index in [9.17, 15) is 4.79 Å². The van der Waals surface area contributed by atoms with Gasteiger partial charge in [-0.1, -0.05) is 5.28 Å². The van der Waals surface area contributed by atoms with E-state index in [1.54, 1.807) is 0 Å². The lowest BCUT2D eigenvalue weighted by molar-refractivity contribution is 0.0239. The molecule has 1 fully saturated rings. The lowest BCUT2D eigenvalue weighted by atomic mass is 10.2. The number of nitrogens with zero attached hydrogens (tertiary/aromatic N) is 1. The Bertz CT molecular complexity index is 213. The highest BCUT2D eigenvalue weighted by Gasteiger charge is 2.30. The maximum absolute atomic E-state index is 11.7. The van der Waals surface area contributed by atoms with Crippen molar-refractivity contribution >= 4 is 22.4 Å². The predicted octanol–water partition coefficient (Wildman–Crippen LogP) is 1.44. The Morgan fingerprint density at radius 3 is 2.71 bits per heavy atom. The molecule has 1 amide bonds. The molecular weight excluding hydrogens is 193 g/mol. The minimum absolute atomic E-state index is 0.129. The molecule has 3 nitrogen and oxygen atoms in total. The lowest BCUT2D eigenvalue weighted by Crippen LogP contribution is -2.39. The molecular formula is C10H20AlNO2. The van der Waals surface area contributed by atoms with Crippen molar-refractivity contribution in [1.29, 1.82) is 0 Å². The fourth-order valence-electron chi connectivity index (χ4n) is 1.82. The number of likely N-dealkylation sites (tertiary alicyclic amines) is 1. The SMILES string of the molecule is CC(C)(C)OC(=O)N1CCC[C@@H]1[CH2][AlH2]. The van der Waals surface area contributed by atoms with Crippen LogP contribution in [0.25, 0.3) is 0 Å². The number of carbonyl (C=O) groups is 1. The highest BCUT2D eigenvalue weighted by atomic mass is 27.0. The van der Waals surface area contributed by atoms with E-state index in [0.29, 0.717) is 6.04 Å². The fourth-order valence-corrected chi connectivity index (χ4v) is 2.67. The second-order valence-electron chi connectivity index (χ2n) is 4.88. The van der Waals surface area contributed by atoms with Crippen molar-refractivity contribution in [2.24, 2.45) is 0 Å². The van der Waals surface area contributed by atoms with Crippen LogP contribution >= 0.6 is 0 Å². The molecule has 0 aromatic heterocycles. The molecule has 0 saturated carbocycles. The molecule has 0 radical (unpaired) electrons. The van der Waals surface area contributed by atoms with Gasteiger partial charge >= 0.3 is 6.09 Å². The number of amides is 1. The Balaban J connectivity index is 2.52. The van der Waals surface area contributed by atoms with Crippen LogP contribution in [0.1, 0.15) is 33.6 Å². The van der Waals surface area contributed by atoms with Gasteiger partial charge in [-0.05, 0) is 33.6 Å². The van der Waals surface area contributed by atoms with Crippen molar-refractivity contribution in [3.8, 4) is 0 Å². The van der Waals surface area contributed by atoms with E-state index in [1.807, 2.05) is 25.7 Å². The van der Waals surface area contributed by atoms with Gasteiger partial charge in [0.05, 0.1) is 0 Å². The van der Waals surface area contributed by atoms with Crippen molar-refractivity contribution in [2.75, 3.05) is 6.54 Å². The van der Waals surface area contributed by atoms with Gasteiger partial charge in [-0.25, -0.2) is 4.79 Å². The summed E-state index contributed by atoms with van der Waals surface area (Å²) in [5.41, 5.74) is -0.366. The Morgan fingerprint density at radius 1 is 1.57 bits per heavy atom. The van der Waals surface area contributed by atoms with Crippen LogP contribution in [-0.2, 0) is 4.74 Å². The summed E-state index contributed by atoms with van der Waals surface area (Å²) in [5, 5.41) is 1.17. The van der Waals surface area contributed by atoms with Crippen molar-refractivity contribution in [1.82, 2.24) is 4.90 Å². The topological polar surface area (TPSA) is 29.5 Å². The first-order valence-electron chi connectivity index (χ1n) is 5.43. The van der Waals surface area contributed by atoms with Crippen molar-refractivity contribution in [2.45, 2.75) is 50.5 Å². The minimum atomic E-state index is -0.366. The third-order valence-electron chi connectivity index (χ3n) is 2.48. The molecule has 0 aromatic carbocycles. The lowest BCUT2D eigenvalue weighted by Gasteiger charge is -2.28. The van der Waals surface area contributed by atoms with Crippen LogP contribution in [0.15, 0.2) is 0 Å². The van der Waals surface area contributed by atoms with Gasteiger partial charge in [-0.2, -0.15) is 0 Å². The van der Waals surface area contributed by atoms with E-state index < -0.39 is 0 Å². The van der Waals surface area contributed by atoms with E-state index in [4.69, 9.17) is 4.74 Å². The third-order valence-corrected chi connectivity index (χ3v) is 3.42. The molecule has 0 bridgehead atoms. The normalized spacial score (nSPS) is 22.5. The van der Waals surface area contributed by atoms with Gasteiger partial charge in [-0.15, -0.1) is 0 Å². The average Bonchev–Trinajstić information content (AvgIpc) is 2.47. The predicted molar refractivity (Wildman–Crippen MR) is 59.3 cm³/mol. The van der Waals surface area contributed by atoms with Crippen LogP contribution in [0.4, 0.5) is 4.79 Å². The van der Waals surface area contributed by atoms with E-state index in [2.05, 4.69) is 0 Å². The van der Waals surface area contributed by atoms with Gasteiger partial charge in [0.15, 0.2) is 0 Å². The number of hydrogen-bond acceptors (Lipinski definition) is 2. The maximum atomic E-state index is 11.7. The quantitative estimate of drug-likeness (QED) is 0.617. The zero-order chi connectivity index (χ0) is 10.8. The summed E-state index contributed by atoms with van der Waals surface area (Å²) in [6.07, 6.45) is 2.16. The molecule has 0 aromatic rings. The number of rotatable bonds is 1. The van der Waals surface area contributed by atoms with E-state index in [0.717, 1.165) is 35.7 Å². The fraction of sp³-hybridized carbons (Fsp3) is 0.900. The smallest absolute Gasteiger partial charge is 0.410 e. The third kappa shape index (κ3) is 3.18. The van der Waals surface area contributed by atoms with Crippen LogP contribution in [0.3, 0.4) is 0 Å². The van der Waals surface area contributed by atoms with E-state index in [1.165, 1.54) is 5.28 Å². The molecule has 0 unspecified atom stereocenters. The summed E-state index contributed by atoms with van der Waals surface area (Å²) in [4.78, 5) is 13.7. The number of hydrogen-bond donors (Lipinski definition) is 0. The molecule has 1 atom stereocenters. The molecule has 0 aliphatic carbocycles. The van der Waals surface area contributed by atoms with Crippen LogP contribution in [-0.4, -0.2) is 45.5 Å². The number of ether oxygens (including phenoxy) is 1. The Labute approximate surface area is 94.2 Å². The molecule has 1 rings (SSSR count). The zero-order valence-corrected chi connectivity index (χ0v) is 11.7. The van der Waals surface area contributed by atoms with E-state index in [-0.39, 0.29) is 11.7 Å². The second-order valence-corrected chi connectivity index (χ2v) is 5.69. The molecule has 4 heteroatoms. The first kappa shape index (κ1) is 11.9. The Kier molecular flexibility index (Phi) is 3.86. The van der Waals surface area contributed by atoms with Gasteiger partial charge in [0.2, 0.25) is 16.3 Å². The first-order valence-corrected chi connectivity index (χ1v) is 6.85. The van der Waals surface area contributed by atoms with Gasteiger partial charge in [0.1, 0.15) is 5.60 Å². The zero-order valence-electron chi connectivity index (χ0n) is 9.67. The Hall–Kier alpha value is -0.198. The van der Waals surface area contributed by atoms with Crippen LogP contribution in [0.2, 0.25) is 5.28 Å². The van der Waals surface area contributed by atoms with Gasteiger partial charge in [-0.3, -0.25) is 0 Å². The summed E-state index contributed by atoms with van der Waals surface area (Å²) in [7, 11) is 0. The summed E-state index contributed by atoms with van der Waals surface area (Å²) in [6, 6.07) is 0.455. The van der Waals surface area contributed by atoms with Gasteiger partial charge in [0.25, 0.3) is 0 Å². The molecule has 1 heterocycles. The monoisotopic (exact) mass is 213 g/mol. The summed E-state index contributed by atoms with van der Waals surface area (Å²) < 4.78 is 5.36. The van der Waals surface area contributed by atoms with Crippen LogP contribution in [0, 0.1) is 0 Å². The van der Waals surface area contributed by atoms with Gasteiger partial charge in [0, 0.05) is 12.6 Å². The maximum Gasteiger partial charge on any atom is 0.410 e. The van der Waals surface area contributed by atoms with Crippen LogP contribution in [0.5, 0.6) is 0 Å². The standard InChI is InChI=1S/C10H18NO2.Al.2H/c1-8-6-5-7-11(8)9(12)13-10(2,3)4;;;/h8H,1,5-7H2,2-4H3;;;/t8-;;;/m0.../s1. The largest absolute Gasteiger partial charge is 0.444 e. The highest BCUT2D eigenvalue weighted by molar-refractivity contribution is 6.09.